The van der Waals surface area contributed by atoms with Crippen LogP contribution in [0.3, 0.4) is 0 Å². The lowest BCUT2D eigenvalue weighted by Gasteiger charge is -2.35. The predicted octanol–water partition coefficient (Wildman–Crippen LogP) is 0.639. The van der Waals surface area contributed by atoms with Gasteiger partial charge in [0.15, 0.2) is 0 Å². The molecule has 1 saturated heterocycles. The summed E-state index contributed by atoms with van der Waals surface area (Å²) in [5.74, 6) is 0. The van der Waals surface area contributed by atoms with E-state index in [9.17, 15) is 5.11 Å². The van der Waals surface area contributed by atoms with Gasteiger partial charge in [-0.05, 0) is 18.6 Å². The smallest absolute Gasteiger partial charge is 0.0957 e. The molecule has 0 aromatic carbocycles. The summed E-state index contributed by atoms with van der Waals surface area (Å²) in [5.41, 5.74) is 1.85. The average Bonchev–Trinajstić information content (AvgIpc) is 2.48. The summed E-state index contributed by atoms with van der Waals surface area (Å²) in [4.78, 5) is 8.89. The zero-order valence-electron chi connectivity index (χ0n) is 11.5. The first kappa shape index (κ1) is 14.2. The van der Waals surface area contributed by atoms with Crippen LogP contribution in [0.5, 0.6) is 0 Å². The van der Waals surface area contributed by atoms with Crippen molar-refractivity contribution in [2.24, 2.45) is 0 Å². The van der Waals surface area contributed by atoms with Gasteiger partial charge in [-0.25, -0.2) is 0 Å². The Hall–Kier alpha value is -1.17. The van der Waals surface area contributed by atoms with Crippen LogP contribution in [-0.4, -0.2) is 59.4 Å². The van der Waals surface area contributed by atoms with E-state index in [0.717, 1.165) is 44.1 Å². The fraction of sp³-hybridized carbons (Fsp3) is 0.643. The van der Waals surface area contributed by atoms with E-state index >= 15 is 0 Å². The molecule has 1 aromatic rings. The summed E-state index contributed by atoms with van der Waals surface area (Å²) in [6, 6.07) is 3.94. The minimum atomic E-state index is -0.463. The lowest BCUT2D eigenvalue weighted by atomic mass is 10.2. The zero-order valence-corrected chi connectivity index (χ0v) is 11.5. The summed E-state index contributed by atoms with van der Waals surface area (Å²) in [5, 5.41) is 18.6. The lowest BCUT2D eigenvalue weighted by molar-refractivity contribution is 0.169. The second kappa shape index (κ2) is 6.84. The Kier molecular flexibility index (Phi) is 5.13. The molecule has 2 N–H and O–H groups in total. The van der Waals surface area contributed by atoms with Gasteiger partial charge in [-0.2, -0.15) is 0 Å². The number of aromatic nitrogens is 1. The van der Waals surface area contributed by atoms with Crippen molar-refractivity contribution in [1.29, 1.82) is 0 Å². The highest BCUT2D eigenvalue weighted by Gasteiger charge is 2.17. The van der Waals surface area contributed by atoms with Crippen molar-refractivity contribution in [1.82, 2.24) is 9.88 Å². The van der Waals surface area contributed by atoms with Gasteiger partial charge < -0.3 is 15.1 Å². The fourth-order valence-electron chi connectivity index (χ4n) is 2.36. The number of rotatable bonds is 5. The molecule has 1 aromatic heterocycles. The van der Waals surface area contributed by atoms with Crippen LogP contribution in [0, 0.1) is 0 Å². The Morgan fingerprint density at radius 1 is 1.26 bits per heavy atom. The van der Waals surface area contributed by atoms with Crippen LogP contribution >= 0.6 is 0 Å². The van der Waals surface area contributed by atoms with Crippen LogP contribution in [0.15, 0.2) is 18.3 Å². The molecule has 5 nitrogen and oxygen atoms in total. The molecule has 19 heavy (non-hydrogen) atoms. The maximum atomic E-state index is 9.72. The summed E-state index contributed by atoms with van der Waals surface area (Å²) < 4.78 is 0. The number of piperazine rings is 1. The van der Waals surface area contributed by atoms with E-state index in [-0.39, 0.29) is 6.61 Å². The Morgan fingerprint density at radius 3 is 2.53 bits per heavy atom. The molecule has 1 aliphatic heterocycles. The van der Waals surface area contributed by atoms with Crippen LogP contribution in [0.4, 0.5) is 5.69 Å². The first-order valence-electron chi connectivity index (χ1n) is 6.96. The van der Waals surface area contributed by atoms with Crippen molar-refractivity contribution in [3.05, 3.63) is 24.0 Å². The largest absolute Gasteiger partial charge is 0.395 e. The zero-order chi connectivity index (χ0) is 13.7. The molecule has 0 aliphatic carbocycles. The second-order valence-corrected chi connectivity index (χ2v) is 4.92. The maximum absolute atomic E-state index is 9.72. The molecule has 1 atom stereocenters. The number of hydrogen-bond donors (Lipinski definition) is 2. The Bertz CT molecular complexity index is 375. The van der Waals surface area contributed by atoms with Crippen molar-refractivity contribution >= 4 is 5.69 Å². The quantitative estimate of drug-likeness (QED) is 0.818. The van der Waals surface area contributed by atoms with Crippen LogP contribution in [0.25, 0.3) is 0 Å². The molecule has 0 unspecified atom stereocenters. The van der Waals surface area contributed by atoms with Gasteiger partial charge in [-0.1, -0.05) is 6.92 Å². The van der Waals surface area contributed by atoms with E-state index < -0.39 is 6.10 Å². The number of anilines is 1. The summed E-state index contributed by atoms with van der Waals surface area (Å²) in [7, 11) is 0. The molecule has 1 fully saturated rings. The van der Waals surface area contributed by atoms with E-state index in [1.165, 1.54) is 0 Å². The van der Waals surface area contributed by atoms with Gasteiger partial charge in [0.1, 0.15) is 0 Å². The van der Waals surface area contributed by atoms with E-state index in [0.29, 0.717) is 6.42 Å². The third kappa shape index (κ3) is 3.65. The highest BCUT2D eigenvalue weighted by Crippen LogP contribution is 2.19. The fourth-order valence-corrected chi connectivity index (χ4v) is 2.36. The normalized spacial score (nSPS) is 18.6. The first-order chi connectivity index (χ1) is 9.24. The van der Waals surface area contributed by atoms with Crippen molar-refractivity contribution in [3.8, 4) is 0 Å². The number of hydrogen-bond acceptors (Lipinski definition) is 5. The number of aliphatic hydroxyl groups is 2. The van der Waals surface area contributed by atoms with Gasteiger partial charge in [0.25, 0.3) is 0 Å². The van der Waals surface area contributed by atoms with Crippen molar-refractivity contribution in [2.75, 3.05) is 44.2 Å². The predicted molar refractivity (Wildman–Crippen MR) is 75.2 cm³/mol. The second-order valence-electron chi connectivity index (χ2n) is 4.92. The monoisotopic (exact) mass is 265 g/mol. The Balaban J connectivity index is 1.92. The van der Waals surface area contributed by atoms with E-state index in [4.69, 9.17) is 5.11 Å². The topological polar surface area (TPSA) is 59.8 Å². The minimum absolute atomic E-state index is 0.227. The molecule has 5 heteroatoms. The first-order valence-corrected chi connectivity index (χ1v) is 6.96. The van der Waals surface area contributed by atoms with E-state index in [1.54, 1.807) is 0 Å². The summed E-state index contributed by atoms with van der Waals surface area (Å²) >= 11 is 0. The molecule has 2 rings (SSSR count). The molecule has 0 spiro atoms. The standard InChI is InChI=1S/C14H23N3O2/c1-2-14(19)13-4-3-12(11-15-13)17-7-5-16(6-8-17)9-10-18/h3-4,11,14,18-19H,2,5-10H2,1H3/t14-/m0/s1. The molecular formula is C14H23N3O2. The van der Waals surface area contributed by atoms with Gasteiger partial charge in [0.05, 0.1) is 30.3 Å². The number of β-amino-alcohol motifs (C(OH)–C–C–N with tert-alkyl or cyclic N) is 1. The van der Waals surface area contributed by atoms with Gasteiger partial charge in [-0.3, -0.25) is 9.88 Å². The SMILES string of the molecule is CC[C@H](O)c1ccc(N2CCN(CCO)CC2)cn1. The molecular weight excluding hydrogens is 242 g/mol. The van der Waals surface area contributed by atoms with Gasteiger partial charge >= 0.3 is 0 Å². The molecule has 1 aliphatic rings. The third-order valence-electron chi connectivity index (χ3n) is 3.65. The molecule has 0 radical (unpaired) electrons. The van der Waals surface area contributed by atoms with E-state index in [2.05, 4.69) is 14.8 Å². The lowest BCUT2D eigenvalue weighted by Crippen LogP contribution is -2.47. The minimum Gasteiger partial charge on any atom is -0.395 e. The van der Waals surface area contributed by atoms with Crippen LogP contribution < -0.4 is 4.90 Å². The van der Waals surface area contributed by atoms with Gasteiger partial charge in [0, 0.05) is 32.7 Å². The van der Waals surface area contributed by atoms with Crippen molar-refractivity contribution < 1.29 is 10.2 Å². The summed E-state index contributed by atoms with van der Waals surface area (Å²) in [6.45, 7) is 6.79. The third-order valence-corrected chi connectivity index (χ3v) is 3.65. The van der Waals surface area contributed by atoms with Gasteiger partial charge in [-0.15, -0.1) is 0 Å². The van der Waals surface area contributed by atoms with Crippen molar-refractivity contribution in [3.63, 3.8) is 0 Å². The van der Waals surface area contributed by atoms with Crippen LogP contribution in [-0.2, 0) is 0 Å². The van der Waals surface area contributed by atoms with Crippen LogP contribution in [0.1, 0.15) is 25.1 Å². The highest BCUT2D eigenvalue weighted by molar-refractivity contribution is 5.45. The van der Waals surface area contributed by atoms with Gasteiger partial charge in [0.2, 0.25) is 0 Å². The molecule has 0 bridgehead atoms. The molecule has 2 heterocycles. The highest BCUT2D eigenvalue weighted by atomic mass is 16.3. The van der Waals surface area contributed by atoms with Crippen molar-refractivity contribution in [2.45, 2.75) is 19.4 Å². The Labute approximate surface area is 114 Å². The molecule has 0 amide bonds. The number of pyridine rings is 1. The molecule has 0 saturated carbocycles. The van der Waals surface area contributed by atoms with Crippen LogP contribution in [0.2, 0.25) is 0 Å². The number of nitrogens with zero attached hydrogens (tertiary/aromatic N) is 3. The number of aliphatic hydroxyl groups excluding tert-OH is 2. The average molecular weight is 265 g/mol. The summed E-state index contributed by atoms with van der Waals surface area (Å²) in [6.07, 6.45) is 2.07. The molecule has 106 valence electrons. The Morgan fingerprint density at radius 2 is 2.00 bits per heavy atom. The maximum Gasteiger partial charge on any atom is 0.0957 e. The van der Waals surface area contributed by atoms with E-state index in [1.807, 2.05) is 25.3 Å².